The molecule has 0 bridgehead atoms. The number of carbonyl (C=O) groups excluding carboxylic acids is 1. The lowest BCUT2D eigenvalue weighted by Crippen LogP contribution is -2.25. The summed E-state index contributed by atoms with van der Waals surface area (Å²) in [5.74, 6) is 0.0714. The van der Waals surface area contributed by atoms with E-state index in [1.807, 2.05) is 25.1 Å². The van der Waals surface area contributed by atoms with Gasteiger partial charge in [-0.1, -0.05) is 19.9 Å². The minimum Gasteiger partial charge on any atom is -0.399 e. The summed E-state index contributed by atoms with van der Waals surface area (Å²) in [7, 11) is 0. The number of amides is 1. The van der Waals surface area contributed by atoms with Gasteiger partial charge in [0.1, 0.15) is 0 Å². The fourth-order valence-electron chi connectivity index (χ4n) is 2.87. The van der Waals surface area contributed by atoms with Gasteiger partial charge >= 0.3 is 0 Å². The van der Waals surface area contributed by atoms with Crippen LogP contribution in [0, 0.1) is 12.3 Å². The summed E-state index contributed by atoms with van der Waals surface area (Å²) in [6, 6.07) is 5.59. The fourth-order valence-corrected chi connectivity index (χ4v) is 2.87. The van der Waals surface area contributed by atoms with Crippen molar-refractivity contribution in [2.75, 3.05) is 30.7 Å². The maximum Gasteiger partial charge on any atom is 0.224 e. The highest BCUT2D eigenvalue weighted by Gasteiger charge is 2.28. The number of nitrogens with one attached hydrogen (secondary N) is 1. The quantitative estimate of drug-likeness (QED) is 0.819. The number of benzene rings is 1. The van der Waals surface area contributed by atoms with Crippen molar-refractivity contribution in [1.29, 1.82) is 0 Å². The third kappa shape index (κ3) is 4.74. The Morgan fingerprint density at radius 2 is 2.19 bits per heavy atom. The Hall–Kier alpha value is -1.55. The van der Waals surface area contributed by atoms with E-state index in [0.717, 1.165) is 37.3 Å². The van der Waals surface area contributed by atoms with Crippen molar-refractivity contribution in [3.8, 4) is 0 Å². The second-order valence-electron chi connectivity index (χ2n) is 6.92. The first-order valence-electron chi connectivity index (χ1n) is 7.74. The molecule has 0 spiro atoms. The summed E-state index contributed by atoms with van der Waals surface area (Å²) in [6.07, 6.45) is 2.72. The minimum atomic E-state index is 0.0714. The molecule has 1 aliphatic rings. The van der Waals surface area contributed by atoms with Crippen LogP contribution in [0.25, 0.3) is 0 Å². The number of rotatable bonds is 5. The van der Waals surface area contributed by atoms with Crippen LogP contribution in [0.2, 0.25) is 0 Å². The maximum absolute atomic E-state index is 12.0. The predicted molar refractivity (Wildman–Crippen MR) is 88.3 cm³/mol. The molecule has 3 N–H and O–H groups in total. The van der Waals surface area contributed by atoms with Crippen LogP contribution < -0.4 is 11.1 Å². The lowest BCUT2D eigenvalue weighted by atomic mass is 9.93. The Bertz CT molecular complexity index is 511. The number of likely N-dealkylation sites (tertiary alicyclic amines) is 1. The topological polar surface area (TPSA) is 58.4 Å². The zero-order valence-corrected chi connectivity index (χ0v) is 13.4. The molecule has 1 aromatic rings. The molecule has 1 aromatic carbocycles. The summed E-state index contributed by atoms with van der Waals surface area (Å²) in [5.41, 5.74) is 8.72. The van der Waals surface area contributed by atoms with Crippen molar-refractivity contribution in [2.24, 2.45) is 5.41 Å². The van der Waals surface area contributed by atoms with Crippen LogP contribution in [-0.4, -0.2) is 30.4 Å². The molecule has 1 aliphatic heterocycles. The molecule has 1 heterocycles. The average Bonchev–Trinajstić information content (AvgIpc) is 2.73. The molecule has 1 amide bonds. The van der Waals surface area contributed by atoms with Crippen LogP contribution in [-0.2, 0) is 4.79 Å². The summed E-state index contributed by atoms with van der Waals surface area (Å²) in [6.45, 7) is 9.89. The van der Waals surface area contributed by atoms with E-state index in [4.69, 9.17) is 5.73 Å². The lowest BCUT2D eigenvalue weighted by molar-refractivity contribution is -0.116. The van der Waals surface area contributed by atoms with Crippen molar-refractivity contribution in [3.63, 3.8) is 0 Å². The maximum atomic E-state index is 12.0. The van der Waals surface area contributed by atoms with Gasteiger partial charge in [0.2, 0.25) is 5.91 Å². The van der Waals surface area contributed by atoms with Crippen LogP contribution in [0.1, 0.15) is 38.7 Å². The van der Waals surface area contributed by atoms with Gasteiger partial charge in [0, 0.05) is 24.3 Å². The molecule has 0 aromatic heterocycles. The van der Waals surface area contributed by atoms with E-state index in [0.29, 0.717) is 17.5 Å². The third-order valence-electron chi connectivity index (χ3n) is 4.17. The number of nitrogens with zero attached hydrogens (tertiary/aromatic N) is 1. The van der Waals surface area contributed by atoms with Crippen LogP contribution in [0.3, 0.4) is 0 Å². The SMILES string of the molecule is Cc1ccc(N)cc1NC(=O)CCCN1CCC(C)(C)C1. The van der Waals surface area contributed by atoms with Gasteiger partial charge < -0.3 is 16.0 Å². The summed E-state index contributed by atoms with van der Waals surface area (Å²) in [4.78, 5) is 14.5. The first-order chi connectivity index (χ1) is 9.85. The van der Waals surface area contributed by atoms with Gasteiger partial charge in [0.05, 0.1) is 0 Å². The van der Waals surface area contributed by atoms with Gasteiger partial charge in [0.25, 0.3) is 0 Å². The van der Waals surface area contributed by atoms with Crippen molar-refractivity contribution >= 4 is 17.3 Å². The van der Waals surface area contributed by atoms with Crippen molar-refractivity contribution in [1.82, 2.24) is 4.90 Å². The van der Waals surface area contributed by atoms with Gasteiger partial charge in [-0.2, -0.15) is 0 Å². The normalized spacial score (nSPS) is 17.9. The Balaban J connectivity index is 1.74. The number of nitrogen functional groups attached to an aromatic ring is 1. The van der Waals surface area contributed by atoms with Crippen molar-refractivity contribution < 1.29 is 4.79 Å². The Kier molecular flexibility index (Phi) is 4.88. The van der Waals surface area contributed by atoms with Crippen LogP contribution in [0.15, 0.2) is 18.2 Å². The van der Waals surface area contributed by atoms with Gasteiger partial charge in [-0.15, -0.1) is 0 Å². The fraction of sp³-hybridized carbons (Fsp3) is 0.588. The lowest BCUT2D eigenvalue weighted by Gasteiger charge is -2.19. The number of carbonyl (C=O) groups is 1. The number of nitrogens with two attached hydrogens (primary N) is 1. The second kappa shape index (κ2) is 6.48. The number of hydrogen-bond acceptors (Lipinski definition) is 3. The Morgan fingerprint density at radius 1 is 1.43 bits per heavy atom. The van der Waals surface area contributed by atoms with E-state index in [1.54, 1.807) is 0 Å². The van der Waals surface area contributed by atoms with Crippen LogP contribution in [0.5, 0.6) is 0 Å². The standard InChI is InChI=1S/C17H27N3O/c1-13-6-7-14(18)11-15(13)19-16(21)5-4-9-20-10-8-17(2,3)12-20/h6-7,11H,4-5,8-10,12,18H2,1-3H3,(H,19,21). The van der Waals surface area contributed by atoms with Gasteiger partial charge in [-0.05, 0) is 56.0 Å². The van der Waals surface area contributed by atoms with Gasteiger partial charge in [-0.25, -0.2) is 0 Å². The molecule has 116 valence electrons. The molecule has 21 heavy (non-hydrogen) atoms. The number of anilines is 2. The molecule has 4 nitrogen and oxygen atoms in total. The molecule has 0 unspecified atom stereocenters. The zero-order valence-electron chi connectivity index (χ0n) is 13.4. The highest BCUT2D eigenvalue weighted by molar-refractivity contribution is 5.91. The smallest absolute Gasteiger partial charge is 0.224 e. The Labute approximate surface area is 127 Å². The van der Waals surface area contributed by atoms with Crippen molar-refractivity contribution in [2.45, 2.75) is 40.0 Å². The Morgan fingerprint density at radius 3 is 2.86 bits per heavy atom. The van der Waals surface area contributed by atoms with E-state index in [2.05, 4.69) is 24.1 Å². The molecule has 0 atom stereocenters. The van der Waals surface area contributed by atoms with Crippen LogP contribution >= 0.6 is 0 Å². The second-order valence-corrected chi connectivity index (χ2v) is 6.92. The van der Waals surface area contributed by atoms with E-state index in [9.17, 15) is 4.79 Å². The summed E-state index contributed by atoms with van der Waals surface area (Å²) < 4.78 is 0. The summed E-state index contributed by atoms with van der Waals surface area (Å²) in [5, 5.41) is 2.96. The minimum absolute atomic E-state index is 0.0714. The molecule has 1 fully saturated rings. The van der Waals surface area contributed by atoms with E-state index >= 15 is 0 Å². The van der Waals surface area contributed by atoms with Crippen molar-refractivity contribution in [3.05, 3.63) is 23.8 Å². The highest BCUT2D eigenvalue weighted by atomic mass is 16.1. The molecule has 1 saturated heterocycles. The number of hydrogen-bond donors (Lipinski definition) is 2. The molecular weight excluding hydrogens is 262 g/mol. The molecule has 4 heteroatoms. The molecule has 0 aliphatic carbocycles. The summed E-state index contributed by atoms with van der Waals surface area (Å²) >= 11 is 0. The van der Waals surface area contributed by atoms with Crippen LogP contribution in [0.4, 0.5) is 11.4 Å². The average molecular weight is 289 g/mol. The zero-order chi connectivity index (χ0) is 15.5. The molecule has 2 rings (SSSR count). The molecule has 0 radical (unpaired) electrons. The predicted octanol–water partition coefficient (Wildman–Crippen LogP) is 3.03. The largest absolute Gasteiger partial charge is 0.399 e. The van der Waals surface area contributed by atoms with E-state index < -0.39 is 0 Å². The first kappa shape index (κ1) is 15.8. The first-order valence-corrected chi connectivity index (χ1v) is 7.74. The number of aryl methyl sites for hydroxylation is 1. The third-order valence-corrected chi connectivity index (χ3v) is 4.17. The van der Waals surface area contributed by atoms with E-state index in [1.165, 1.54) is 6.42 Å². The molecule has 0 saturated carbocycles. The monoisotopic (exact) mass is 289 g/mol. The van der Waals surface area contributed by atoms with Gasteiger partial charge in [0.15, 0.2) is 0 Å². The molecular formula is C17H27N3O. The highest BCUT2D eigenvalue weighted by Crippen LogP contribution is 2.28. The van der Waals surface area contributed by atoms with Gasteiger partial charge in [-0.3, -0.25) is 4.79 Å². The van der Waals surface area contributed by atoms with E-state index in [-0.39, 0.29) is 5.91 Å².